The SMILES string of the molecule is CC(C)(CCOC(C)(C)CCCNC(=O)c1ccc(COC2C#CCCCCC2)cc1)CNC(=O)CCCC[C@@H]1SC[C@@H]2NC(=O)N[C@@H]21. The Bertz CT molecular complexity index is 1260. The number of nitrogens with one attached hydrogen (secondary N) is 4. The first kappa shape index (κ1) is 38.1. The molecule has 10 heteroatoms. The van der Waals surface area contributed by atoms with Crippen molar-refractivity contribution < 1.29 is 23.9 Å². The van der Waals surface area contributed by atoms with Crippen molar-refractivity contribution in [2.24, 2.45) is 5.41 Å². The Labute approximate surface area is 292 Å². The summed E-state index contributed by atoms with van der Waals surface area (Å²) in [7, 11) is 0. The Hall–Kier alpha value is -2.74. The Kier molecular flexibility index (Phi) is 15.0. The molecular weight excluding hydrogens is 625 g/mol. The zero-order valence-corrected chi connectivity index (χ0v) is 30.4. The zero-order chi connectivity index (χ0) is 34.4. The van der Waals surface area contributed by atoms with Gasteiger partial charge < -0.3 is 30.7 Å². The van der Waals surface area contributed by atoms with Crippen LogP contribution in [0.15, 0.2) is 24.3 Å². The highest BCUT2D eigenvalue weighted by Gasteiger charge is 2.42. The lowest BCUT2D eigenvalue weighted by molar-refractivity contribution is -0.121. The van der Waals surface area contributed by atoms with Gasteiger partial charge in [-0.2, -0.15) is 11.8 Å². The van der Waals surface area contributed by atoms with Crippen LogP contribution in [0.1, 0.15) is 121 Å². The molecule has 2 heterocycles. The van der Waals surface area contributed by atoms with Crippen molar-refractivity contribution in [3.63, 3.8) is 0 Å². The molecule has 266 valence electrons. The molecule has 4 rings (SSSR count). The number of hydrogen-bond acceptors (Lipinski definition) is 6. The van der Waals surface area contributed by atoms with Gasteiger partial charge in [-0.1, -0.05) is 44.7 Å². The fraction of sp³-hybridized carbons (Fsp3) is 0.711. The number of ether oxygens (including phenoxy) is 2. The highest BCUT2D eigenvalue weighted by Crippen LogP contribution is 2.33. The second-order valence-electron chi connectivity index (χ2n) is 14.9. The number of hydrogen-bond donors (Lipinski definition) is 4. The van der Waals surface area contributed by atoms with Gasteiger partial charge in [0.05, 0.1) is 24.3 Å². The molecule has 48 heavy (non-hydrogen) atoms. The molecule has 4 atom stereocenters. The van der Waals surface area contributed by atoms with E-state index in [0.29, 0.717) is 43.5 Å². The Balaban J connectivity index is 1.02. The lowest BCUT2D eigenvalue weighted by atomic mass is 9.89. The van der Waals surface area contributed by atoms with Crippen LogP contribution >= 0.6 is 11.8 Å². The molecule has 1 aromatic carbocycles. The van der Waals surface area contributed by atoms with Gasteiger partial charge in [0.1, 0.15) is 6.10 Å². The number of urea groups is 1. The highest BCUT2D eigenvalue weighted by molar-refractivity contribution is 8.00. The number of fused-ring (bicyclic) bond motifs is 1. The van der Waals surface area contributed by atoms with Gasteiger partial charge in [-0.05, 0) is 88.3 Å². The number of benzene rings is 1. The Morgan fingerprint density at radius 2 is 1.81 bits per heavy atom. The van der Waals surface area contributed by atoms with Crippen molar-refractivity contribution >= 4 is 29.6 Å². The summed E-state index contributed by atoms with van der Waals surface area (Å²) in [6, 6.07) is 8.05. The minimum Gasteiger partial charge on any atom is -0.376 e. The largest absolute Gasteiger partial charge is 0.376 e. The number of unbranched alkanes of at least 4 members (excludes halogenated alkanes) is 1. The third-order valence-electron chi connectivity index (χ3n) is 9.56. The van der Waals surface area contributed by atoms with E-state index in [4.69, 9.17) is 9.47 Å². The van der Waals surface area contributed by atoms with Crippen LogP contribution in [0, 0.1) is 17.3 Å². The van der Waals surface area contributed by atoms with E-state index >= 15 is 0 Å². The van der Waals surface area contributed by atoms with Crippen LogP contribution in [-0.2, 0) is 20.9 Å². The predicted octanol–water partition coefficient (Wildman–Crippen LogP) is 6.10. The van der Waals surface area contributed by atoms with Gasteiger partial charge in [0.25, 0.3) is 5.91 Å². The van der Waals surface area contributed by atoms with E-state index in [1.54, 1.807) is 0 Å². The molecule has 2 aliphatic heterocycles. The topological polar surface area (TPSA) is 118 Å². The third-order valence-corrected chi connectivity index (χ3v) is 11.1. The monoisotopic (exact) mass is 682 g/mol. The Morgan fingerprint density at radius 1 is 1.00 bits per heavy atom. The molecule has 0 radical (unpaired) electrons. The molecule has 0 bridgehead atoms. The molecule has 2 fully saturated rings. The van der Waals surface area contributed by atoms with Gasteiger partial charge in [0.2, 0.25) is 5.91 Å². The summed E-state index contributed by atoms with van der Waals surface area (Å²) in [5, 5.41) is 12.6. The van der Waals surface area contributed by atoms with E-state index in [9.17, 15) is 14.4 Å². The first-order chi connectivity index (χ1) is 23.0. The maximum Gasteiger partial charge on any atom is 0.315 e. The molecule has 1 unspecified atom stereocenters. The maximum absolute atomic E-state index is 12.7. The number of amides is 4. The first-order valence-corrected chi connectivity index (χ1v) is 19.1. The third kappa shape index (κ3) is 13.3. The van der Waals surface area contributed by atoms with Crippen LogP contribution in [-0.4, -0.2) is 72.3 Å². The van der Waals surface area contributed by atoms with Crippen molar-refractivity contribution in [2.75, 3.05) is 25.4 Å². The summed E-state index contributed by atoms with van der Waals surface area (Å²) in [6.07, 6.45) is 11.4. The normalized spacial score (nSPS) is 22.4. The molecule has 2 saturated heterocycles. The van der Waals surface area contributed by atoms with Crippen molar-refractivity contribution in [3.05, 3.63) is 35.4 Å². The lowest BCUT2D eigenvalue weighted by Crippen LogP contribution is -2.37. The molecule has 4 amide bonds. The summed E-state index contributed by atoms with van der Waals surface area (Å²) in [5.41, 5.74) is 1.31. The average molecular weight is 683 g/mol. The summed E-state index contributed by atoms with van der Waals surface area (Å²) in [6.45, 7) is 10.8. The van der Waals surface area contributed by atoms with E-state index in [0.717, 1.165) is 69.1 Å². The number of rotatable bonds is 19. The van der Waals surface area contributed by atoms with Crippen LogP contribution < -0.4 is 21.3 Å². The molecular formula is C38H58N4O5S. The van der Waals surface area contributed by atoms with E-state index in [2.05, 4.69) is 60.8 Å². The highest BCUT2D eigenvalue weighted by atomic mass is 32.2. The number of thioether (sulfide) groups is 1. The van der Waals surface area contributed by atoms with Crippen LogP contribution in [0.5, 0.6) is 0 Å². The van der Waals surface area contributed by atoms with E-state index in [-0.39, 0.29) is 47.0 Å². The van der Waals surface area contributed by atoms with Gasteiger partial charge >= 0.3 is 6.03 Å². The van der Waals surface area contributed by atoms with Gasteiger partial charge in [0.15, 0.2) is 0 Å². The minimum absolute atomic E-state index is 0.000170. The molecule has 0 saturated carbocycles. The van der Waals surface area contributed by atoms with Crippen molar-refractivity contribution in [1.82, 2.24) is 21.3 Å². The van der Waals surface area contributed by atoms with Crippen molar-refractivity contribution in [1.29, 1.82) is 0 Å². The summed E-state index contributed by atoms with van der Waals surface area (Å²) < 4.78 is 12.3. The average Bonchev–Trinajstić information content (AvgIpc) is 3.59. The van der Waals surface area contributed by atoms with Gasteiger partial charge in [-0.15, -0.1) is 5.92 Å². The zero-order valence-electron chi connectivity index (χ0n) is 29.6. The molecule has 9 nitrogen and oxygen atoms in total. The second-order valence-corrected chi connectivity index (χ2v) is 16.2. The van der Waals surface area contributed by atoms with Crippen LogP contribution in [0.3, 0.4) is 0 Å². The fourth-order valence-corrected chi connectivity index (χ4v) is 7.88. The van der Waals surface area contributed by atoms with Crippen LogP contribution in [0.25, 0.3) is 0 Å². The predicted molar refractivity (Wildman–Crippen MR) is 193 cm³/mol. The van der Waals surface area contributed by atoms with Gasteiger partial charge in [-0.3, -0.25) is 9.59 Å². The summed E-state index contributed by atoms with van der Waals surface area (Å²) in [4.78, 5) is 36.7. The van der Waals surface area contributed by atoms with E-state index in [1.165, 1.54) is 12.8 Å². The van der Waals surface area contributed by atoms with Gasteiger partial charge in [0, 0.05) is 49.1 Å². The van der Waals surface area contributed by atoms with Crippen molar-refractivity contribution in [2.45, 2.75) is 140 Å². The summed E-state index contributed by atoms with van der Waals surface area (Å²) >= 11 is 1.92. The van der Waals surface area contributed by atoms with Gasteiger partial charge in [-0.25, -0.2) is 4.79 Å². The maximum atomic E-state index is 12.7. The van der Waals surface area contributed by atoms with Crippen LogP contribution in [0.4, 0.5) is 4.79 Å². The molecule has 1 aliphatic carbocycles. The number of carbonyl (C=O) groups excluding carboxylic acids is 3. The van der Waals surface area contributed by atoms with Crippen LogP contribution in [0.2, 0.25) is 0 Å². The molecule has 0 spiro atoms. The Morgan fingerprint density at radius 3 is 2.62 bits per heavy atom. The number of carbonyl (C=O) groups is 3. The van der Waals surface area contributed by atoms with E-state index < -0.39 is 0 Å². The smallest absolute Gasteiger partial charge is 0.315 e. The quantitative estimate of drug-likeness (QED) is 0.0796. The lowest BCUT2D eigenvalue weighted by Gasteiger charge is -2.30. The molecule has 3 aliphatic rings. The van der Waals surface area contributed by atoms with E-state index in [1.807, 2.05) is 36.0 Å². The molecule has 0 aromatic heterocycles. The standard InChI is InChI=1S/C38H58N4O5S/c1-37(2,27-40-33(43)16-11-10-15-32-34-31(26-48-32)41-36(45)42-34)22-24-47-38(3,4)21-12-23-39-35(44)29-19-17-28(18-20-29)25-46-30-13-8-6-5-7-9-14-30/h17-20,30-32,34H,5-8,10-13,15-16,21-27H2,1-4H3,(H,39,44)(H,40,43)(H2,41,42,45)/t30?,31-,32-,34-/m0/s1. The first-order valence-electron chi connectivity index (χ1n) is 18.1. The second kappa shape index (κ2) is 18.9. The summed E-state index contributed by atoms with van der Waals surface area (Å²) in [5.74, 6) is 7.44. The van der Waals surface area contributed by atoms with Crippen molar-refractivity contribution in [3.8, 4) is 11.8 Å². The minimum atomic E-state index is -0.304. The fourth-order valence-electron chi connectivity index (χ4n) is 6.33. The molecule has 1 aromatic rings. The molecule has 4 N–H and O–H groups in total.